The van der Waals surface area contributed by atoms with Crippen molar-refractivity contribution in [3.63, 3.8) is 0 Å². The number of thiophene rings is 2. The van der Waals surface area contributed by atoms with Crippen molar-refractivity contribution in [3.05, 3.63) is 63.2 Å². The third-order valence-electron chi connectivity index (χ3n) is 3.74. The molecular formula is C18H18N2O4S3. The molecule has 1 aromatic carbocycles. The fraction of sp³-hybridized carbons (Fsp3) is 0.167. The highest BCUT2D eigenvalue weighted by Gasteiger charge is 2.17. The molecule has 2 heterocycles. The van der Waals surface area contributed by atoms with E-state index in [9.17, 15) is 18.3 Å². The Bertz CT molecular complexity index is 1040. The number of nitrogens with one attached hydrogen (secondary N) is 2. The van der Waals surface area contributed by atoms with Gasteiger partial charge in [0.2, 0.25) is 0 Å². The third-order valence-corrected chi connectivity index (χ3v) is 7.75. The number of phenolic OH excluding ortho intramolecular Hbond substituents is 1. The molecule has 3 N–H and O–H groups in total. The number of hydrogen-bond acceptors (Lipinski definition) is 6. The monoisotopic (exact) mass is 422 g/mol. The Balaban J connectivity index is 1.68. The fourth-order valence-corrected chi connectivity index (χ4v) is 5.32. The average molecular weight is 423 g/mol. The van der Waals surface area contributed by atoms with E-state index in [2.05, 4.69) is 17.0 Å². The lowest BCUT2D eigenvalue weighted by atomic mass is 10.1. The minimum Gasteiger partial charge on any atom is -0.507 e. The second-order valence-corrected chi connectivity index (χ2v) is 9.78. The zero-order valence-electron chi connectivity index (χ0n) is 14.4. The Morgan fingerprint density at radius 1 is 1.15 bits per heavy atom. The van der Waals surface area contributed by atoms with Gasteiger partial charge in [-0.05, 0) is 42.1 Å². The SMILES string of the molecule is CCc1ccc(CNC(=O)c2ccc(NS(=O)(=O)c3cccs3)cc2O)s1. The number of aromatic hydroxyl groups is 1. The van der Waals surface area contributed by atoms with E-state index in [0.717, 1.165) is 22.6 Å². The number of sulfonamides is 1. The standard InChI is InChI=1S/C18H18N2O4S3/c1-2-13-6-7-14(26-13)11-19-18(22)15-8-5-12(10-16(15)21)20-27(23,24)17-4-3-9-25-17/h3-10,20-21H,2,11H2,1H3,(H,19,22). The predicted molar refractivity (Wildman–Crippen MR) is 108 cm³/mol. The van der Waals surface area contributed by atoms with Gasteiger partial charge >= 0.3 is 0 Å². The molecular weight excluding hydrogens is 404 g/mol. The van der Waals surface area contributed by atoms with Crippen LogP contribution < -0.4 is 10.0 Å². The first kappa shape index (κ1) is 19.4. The summed E-state index contributed by atoms with van der Waals surface area (Å²) < 4.78 is 27.0. The molecule has 0 bridgehead atoms. The lowest BCUT2D eigenvalue weighted by Crippen LogP contribution is -2.22. The lowest BCUT2D eigenvalue weighted by molar-refractivity contribution is 0.0948. The van der Waals surface area contributed by atoms with Crippen LogP contribution in [-0.2, 0) is 23.0 Å². The highest BCUT2D eigenvalue weighted by atomic mass is 32.2. The second kappa shape index (κ2) is 8.12. The molecule has 3 aromatic rings. The van der Waals surface area contributed by atoms with Crippen LogP contribution in [-0.4, -0.2) is 19.4 Å². The molecule has 0 saturated carbocycles. The second-order valence-electron chi connectivity index (χ2n) is 5.67. The van der Waals surface area contributed by atoms with Crippen LogP contribution in [0.1, 0.15) is 27.0 Å². The molecule has 3 rings (SSSR count). The number of anilines is 1. The summed E-state index contributed by atoms with van der Waals surface area (Å²) in [7, 11) is -3.71. The van der Waals surface area contributed by atoms with Crippen LogP contribution in [0.4, 0.5) is 5.69 Å². The molecule has 6 nitrogen and oxygen atoms in total. The highest BCUT2D eigenvalue weighted by molar-refractivity contribution is 7.94. The summed E-state index contributed by atoms with van der Waals surface area (Å²) in [5.74, 6) is -0.717. The van der Waals surface area contributed by atoms with Crippen LogP contribution in [0, 0.1) is 0 Å². The van der Waals surface area contributed by atoms with Crippen molar-refractivity contribution in [1.82, 2.24) is 5.32 Å². The number of carbonyl (C=O) groups is 1. The van der Waals surface area contributed by atoms with E-state index in [-0.39, 0.29) is 21.2 Å². The van der Waals surface area contributed by atoms with Crippen molar-refractivity contribution in [2.24, 2.45) is 0 Å². The Kier molecular flexibility index (Phi) is 5.83. The van der Waals surface area contributed by atoms with Crippen LogP contribution in [0.5, 0.6) is 5.75 Å². The van der Waals surface area contributed by atoms with Gasteiger partial charge in [-0.3, -0.25) is 9.52 Å². The quantitative estimate of drug-likeness (QED) is 0.539. The number of carbonyl (C=O) groups excluding carboxylic acids is 1. The van der Waals surface area contributed by atoms with Gasteiger partial charge in [0.15, 0.2) is 0 Å². The smallest absolute Gasteiger partial charge is 0.271 e. The van der Waals surface area contributed by atoms with Crippen molar-refractivity contribution in [3.8, 4) is 5.75 Å². The number of hydrogen-bond donors (Lipinski definition) is 3. The molecule has 9 heteroatoms. The summed E-state index contributed by atoms with van der Waals surface area (Å²) in [5, 5.41) is 14.6. The summed E-state index contributed by atoms with van der Waals surface area (Å²) in [6.07, 6.45) is 0.947. The van der Waals surface area contributed by atoms with Crippen molar-refractivity contribution >= 4 is 44.3 Å². The normalized spacial score (nSPS) is 11.3. The van der Waals surface area contributed by atoms with Crippen LogP contribution in [0.2, 0.25) is 0 Å². The minimum atomic E-state index is -3.71. The number of amides is 1. The maximum absolute atomic E-state index is 12.3. The predicted octanol–water partition coefficient (Wildman–Crippen LogP) is 3.81. The van der Waals surface area contributed by atoms with Crippen molar-refractivity contribution in [2.75, 3.05) is 4.72 Å². The highest BCUT2D eigenvalue weighted by Crippen LogP contribution is 2.26. The Labute approximate surface area is 165 Å². The van der Waals surface area contributed by atoms with Crippen molar-refractivity contribution in [1.29, 1.82) is 0 Å². The molecule has 0 aliphatic heterocycles. The van der Waals surface area contributed by atoms with E-state index in [1.807, 2.05) is 12.1 Å². The molecule has 0 saturated heterocycles. The molecule has 0 aliphatic rings. The molecule has 1 amide bonds. The largest absolute Gasteiger partial charge is 0.507 e. The number of phenols is 1. The van der Waals surface area contributed by atoms with Gasteiger partial charge in [-0.1, -0.05) is 13.0 Å². The van der Waals surface area contributed by atoms with E-state index in [1.54, 1.807) is 22.8 Å². The first-order valence-corrected chi connectivity index (χ1v) is 11.3. The first-order chi connectivity index (χ1) is 12.9. The number of aryl methyl sites for hydroxylation is 1. The third kappa shape index (κ3) is 4.68. The van der Waals surface area contributed by atoms with Gasteiger partial charge in [-0.25, -0.2) is 8.42 Å². The van der Waals surface area contributed by atoms with Gasteiger partial charge < -0.3 is 10.4 Å². The zero-order valence-corrected chi connectivity index (χ0v) is 16.9. The van der Waals surface area contributed by atoms with Crippen LogP contribution in [0.3, 0.4) is 0 Å². The molecule has 2 aromatic heterocycles. The van der Waals surface area contributed by atoms with Crippen molar-refractivity contribution in [2.45, 2.75) is 24.1 Å². The van der Waals surface area contributed by atoms with E-state index in [1.165, 1.54) is 29.1 Å². The molecule has 0 spiro atoms. The summed E-state index contributed by atoms with van der Waals surface area (Å²) >= 11 is 2.72. The molecule has 27 heavy (non-hydrogen) atoms. The summed E-state index contributed by atoms with van der Waals surface area (Å²) in [5.41, 5.74) is 0.268. The molecule has 142 valence electrons. The van der Waals surface area contributed by atoms with Gasteiger partial charge in [0, 0.05) is 15.8 Å². The van der Waals surface area contributed by atoms with E-state index in [4.69, 9.17) is 0 Å². The summed E-state index contributed by atoms with van der Waals surface area (Å²) in [6, 6.07) is 11.2. The van der Waals surface area contributed by atoms with E-state index < -0.39 is 15.9 Å². The summed E-state index contributed by atoms with van der Waals surface area (Å²) in [4.78, 5) is 14.6. The first-order valence-electron chi connectivity index (χ1n) is 8.14. The van der Waals surface area contributed by atoms with Crippen LogP contribution in [0.25, 0.3) is 0 Å². The number of rotatable bonds is 7. The van der Waals surface area contributed by atoms with Gasteiger partial charge in [0.05, 0.1) is 17.8 Å². The maximum Gasteiger partial charge on any atom is 0.271 e. The van der Waals surface area contributed by atoms with E-state index in [0.29, 0.717) is 6.54 Å². The topological polar surface area (TPSA) is 95.5 Å². The molecule has 0 aliphatic carbocycles. The minimum absolute atomic E-state index is 0.0846. The average Bonchev–Trinajstić information content (AvgIpc) is 3.31. The maximum atomic E-state index is 12.3. The molecule has 0 atom stereocenters. The lowest BCUT2D eigenvalue weighted by Gasteiger charge is -2.10. The van der Waals surface area contributed by atoms with Crippen LogP contribution >= 0.6 is 22.7 Å². The van der Waals surface area contributed by atoms with Gasteiger partial charge in [-0.2, -0.15) is 0 Å². The fourth-order valence-electron chi connectivity index (χ4n) is 2.38. The Morgan fingerprint density at radius 3 is 2.56 bits per heavy atom. The molecule has 0 radical (unpaired) electrons. The van der Waals surface area contributed by atoms with Crippen LogP contribution in [0.15, 0.2) is 52.1 Å². The van der Waals surface area contributed by atoms with Gasteiger partial charge in [0.25, 0.3) is 15.9 Å². The Hall–Kier alpha value is -2.36. The Morgan fingerprint density at radius 2 is 1.93 bits per heavy atom. The summed E-state index contributed by atoms with van der Waals surface area (Å²) in [6.45, 7) is 2.44. The molecule has 0 fully saturated rings. The van der Waals surface area contributed by atoms with Gasteiger partial charge in [0.1, 0.15) is 9.96 Å². The zero-order chi connectivity index (χ0) is 19.4. The van der Waals surface area contributed by atoms with Crippen molar-refractivity contribution < 1.29 is 18.3 Å². The van der Waals surface area contributed by atoms with Gasteiger partial charge in [-0.15, -0.1) is 22.7 Å². The van der Waals surface area contributed by atoms with E-state index >= 15 is 0 Å². The molecule has 0 unspecified atom stereocenters. The number of benzene rings is 1.